The van der Waals surface area contributed by atoms with E-state index in [2.05, 4.69) is 0 Å². The van der Waals surface area contributed by atoms with Crippen molar-refractivity contribution in [2.24, 2.45) is 0 Å². The van der Waals surface area contributed by atoms with Gasteiger partial charge in [-0.3, -0.25) is 0 Å². The van der Waals surface area contributed by atoms with Crippen molar-refractivity contribution in [2.45, 2.75) is 13.3 Å². The molecule has 0 N–H and O–H groups in total. The Labute approximate surface area is 58.9 Å². The molecule has 8 heavy (non-hydrogen) atoms. The van der Waals surface area contributed by atoms with E-state index in [1.54, 1.807) is 0 Å². The first-order valence-corrected chi connectivity index (χ1v) is 3.80. The van der Waals surface area contributed by atoms with Gasteiger partial charge in [-0.05, 0) is 13.3 Å². The van der Waals surface area contributed by atoms with Crippen LogP contribution in [0.2, 0.25) is 0 Å². The van der Waals surface area contributed by atoms with Gasteiger partial charge in [0.25, 0.3) is 0 Å². The average Bonchev–Trinajstić information content (AvgIpc) is 1.81. The molecule has 0 atom stereocenters. The molecule has 2 nitrogen and oxygen atoms in total. The molecule has 3 heteroatoms. The zero-order valence-electron chi connectivity index (χ0n) is 5.64. The van der Waals surface area contributed by atoms with E-state index in [9.17, 15) is 0 Å². The highest BCUT2D eigenvalue weighted by Gasteiger charge is 1.81. The zero-order valence-corrected chi connectivity index (χ0v) is 7.64. The molecular weight excluding hydrogens is 119 g/mol. The Morgan fingerprint density at radius 1 is 1.38 bits per heavy atom. The minimum absolute atomic E-state index is 0.821. The summed E-state index contributed by atoms with van der Waals surface area (Å²) >= 11 is 0.852. The van der Waals surface area contributed by atoms with E-state index in [1.165, 1.54) is 0 Å². The molecule has 0 radical (unpaired) electrons. The Morgan fingerprint density at radius 2 is 2.12 bits per heavy atom. The Bertz CT molecular complexity index is 35.4. The molecule has 0 unspecified atom stereocenters. The maximum Gasteiger partial charge on any atom is 0.410 e. The number of hydrogen-bond acceptors (Lipinski definition) is 2. The lowest BCUT2D eigenvalue weighted by atomic mass is 10.5. The monoisotopic (exact) mass is 132 g/mol. The summed E-state index contributed by atoms with van der Waals surface area (Å²) in [6.07, 6.45) is 1.04. The summed E-state index contributed by atoms with van der Waals surface area (Å²) in [7, 11) is 0. The Morgan fingerprint density at radius 3 is 2.62 bits per heavy atom. The highest BCUT2D eigenvalue weighted by molar-refractivity contribution is 5.97. The first-order valence-electron chi connectivity index (χ1n) is 2.98. The number of hydrogen-bond donors (Lipinski definition) is 0. The van der Waals surface area contributed by atoms with Crippen LogP contribution in [0.1, 0.15) is 13.3 Å². The van der Waals surface area contributed by atoms with Crippen LogP contribution in [0.25, 0.3) is 0 Å². The van der Waals surface area contributed by atoms with Crippen LogP contribution in [0.4, 0.5) is 0 Å². The lowest BCUT2D eigenvalue weighted by molar-refractivity contribution is 0.132. The Hall–Kier alpha value is 0.452. The van der Waals surface area contributed by atoms with Crippen LogP contribution in [0.3, 0.4) is 0 Å². The smallest absolute Gasteiger partial charge is 0.410 e. The predicted molar refractivity (Wildman–Crippen MR) is 35.6 cm³/mol. The van der Waals surface area contributed by atoms with Crippen molar-refractivity contribution in [3.8, 4) is 0 Å². The quantitative estimate of drug-likeness (QED) is 0.386. The van der Waals surface area contributed by atoms with Gasteiger partial charge in [0, 0.05) is 19.8 Å². The van der Waals surface area contributed by atoms with Crippen molar-refractivity contribution < 1.29 is 8.53 Å². The highest BCUT2D eigenvalue weighted by Crippen LogP contribution is 1.80. The summed E-state index contributed by atoms with van der Waals surface area (Å²) in [5.74, 6) is 0. The fraction of sp³-hybridized carbons (Fsp3) is 1.00. The summed E-state index contributed by atoms with van der Waals surface area (Å²) in [4.78, 5) is 0. The van der Waals surface area contributed by atoms with Gasteiger partial charge in [0.1, 0.15) is 0 Å². The van der Waals surface area contributed by atoms with Crippen molar-refractivity contribution in [1.29, 1.82) is 0 Å². The Balaban J connectivity index is 2.53. The fourth-order valence-electron chi connectivity index (χ4n) is 0.450. The molecule has 0 saturated carbocycles. The predicted octanol–water partition coefficient (Wildman–Crippen LogP) is -0.0223. The van der Waals surface area contributed by atoms with Gasteiger partial charge in [-0.25, -0.2) is 0 Å². The molecule has 0 bridgehead atoms. The molecule has 0 aliphatic heterocycles. The second kappa shape index (κ2) is 7.45. The van der Waals surface area contributed by atoms with Crippen LogP contribution in [0.5, 0.6) is 0 Å². The maximum absolute atomic E-state index is 5.07. The van der Waals surface area contributed by atoms with Crippen molar-refractivity contribution in [3.05, 3.63) is 0 Å². The lowest BCUT2D eigenvalue weighted by Gasteiger charge is -1.98. The average molecular weight is 132 g/mol. The van der Waals surface area contributed by atoms with Gasteiger partial charge in [0.2, 0.25) is 0 Å². The standard InChI is InChI=1S/C5H11O2.Al.2H/c1-2-7-5-3-4-6;;;/h2-5H2,1H3;;;/q-1;+1;;. The molecule has 0 spiro atoms. The van der Waals surface area contributed by atoms with Gasteiger partial charge in [-0.1, -0.05) is 0 Å². The first kappa shape index (κ1) is 8.45. The fourth-order valence-corrected chi connectivity index (χ4v) is 0.738. The lowest BCUT2D eigenvalue weighted by Crippen LogP contribution is -1.98. The van der Waals surface area contributed by atoms with Crippen molar-refractivity contribution >= 4 is 16.6 Å². The van der Waals surface area contributed by atoms with Gasteiger partial charge in [0.15, 0.2) is 0 Å². The number of rotatable bonds is 5. The Kier molecular flexibility index (Phi) is 7.87. The summed E-state index contributed by atoms with van der Waals surface area (Å²) in [6, 6.07) is 0. The van der Waals surface area contributed by atoms with E-state index in [4.69, 9.17) is 8.53 Å². The normalized spacial score (nSPS) is 9.62. The second-order valence-electron chi connectivity index (χ2n) is 1.54. The van der Waals surface area contributed by atoms with Gasteiger partial charge in [-0.2, -0.15) is 0 Å². The highest BCUT2D eigenvalue weighted by atomic mass is 27.1. The SMILES string of the molecule is CCOCCC[O][AlH2]. The van der Waals surface area contributed by atoms with E-state index < -0.39 is 0 Å². The van der Waals surface area contributed by atoms with E-state index in [-0.39, 0.29) is 0 Å². The van der Waals surface area contributed by atoms with Gasteiger partial charge >= 0.3 is 16.6 Å². The molecular formula is C5H13AlO2. The topological polar surface area (TPSA) is 18.5 Å². The van der Waals surface area contributed by atoms with E-state index in [0.29, 0.717) is 0 Å². The van der Waals surface area contributed by atoms with Gasteiger partial charge in [-0.15, -0.1) is 0 Å². The molecule has 48 valence electrons. The van der Waals surface area contributed by atoms with Crippen LogP contribution in [-0.2, 0) is 8.53 Å². The van der Waals surface area contributed by atoms with E-state index in [1.807, 2.05) is 6.92 Å². The molecule has 0 amide bonds. The maximum atomic E-state index is 5.07. The van der Waals surface area contributed by atoms with E-state index in [0.717, 1.165) is 42.9 Å². The molecule has 0 heterocycles. The van der Waals surface area contributed by atoms with Crippen LogP contribution < -0.4 is 0 Å². The van der Waals surface area contributed by atoms with Crippen LogP contribution in [0, 0.1) is 0 Å². The van der Waals surface area contributed by atoms with Crippen molar-refractivity contribution in [3.63, 3.8) is 0 Å². The van der Waals surface area contributed by atoms with Gasteiger partial charge < -0.3 is 8.53 Å². The van der Waals surface area contributed by atoms with Crippen LogP contribution in [0.15, 0.2) is 0 Å². The largest absolute Gasteiger partial charge is 0.506 e. The second-order valence-corrected chi connectivity index (χ2v) is 2.12. The number of ether oxygens (including phenoxy) is 1. The molecule has 0 aliphatic carbocycles. The first-order chi connectivity index (χ1) is 3.91. The third-order valence-corrected chi connectivity index (χ3v) is 1.25. The minimum atomic E-state index is 0.821. The zero-order chi connectivity index (χ0) is 6.24. The molecule has 0 fully saturated rings. The third kappa shape index (κ3) is 6.45. The molecule has 0 aliphatic rings. The summed E-state index contributed by atoms with van der Waals surface area (Å²) in [6.45, 7) is 4.54. The van der Waals surface area contributed by atoms with E-state index >= 15 is 0 Å². The third-order valence-electron chi connectivity index (χ3n) is 0.841. The van der Waals surface area contributed by atoms with Crippen molar-refractivity contribution in [2.75, 3.05) is 19.8 Å². The molecule has 0 aromatic rings. The molecule has 0 saturated heterocycles. The van der Waals surface area contributed by atoms with Crippen LogP contribution >= 0.6 is 0 Å². The molecule has 0 aromatic carbocycles. The summed E-state index contributed by atoms with van der Waals surface area (Å²) in [5.41, 5.74) is 0. The summed E-state index contributed by atoms with van der Waals surface area (Å²) < 4.78 is 10.0. The van der Waals surface area contributed by atoms with Gasteiger partial charge in [0.05, 0.1) is 0 Å². The molecule has 0 rings (SSSR count). The minimum Gasteiger partial charge on any atom is -0.506 e. The van der Waals surface area contributed by atoms with Crippen LogP contribution in [-0.4, -0.2) is 36.4 Å². The van der Waals surface area contributed by atoms with Crippen molar-refractivity contribution in [1.82, 2.24) is 0 Å². The summed E-state index contributed by atoms with van der Waals surface area (Å²) in [5, 5.41) is 0. The molecule has 0 aromatic heterocycles.